The molecule has 150 valence electrons. The first-order valence-corrected chi connectivity index (χ1v) is 9.08. The molecule has 0 aliphatic heterocycles. The van der Waals surface area contributed by atoms with Gasteiger partial charge in [0, 0.05) is 44.4 Å². The van der Waals surface area contributed by atoms with Crippen molar-refractivity contribution in [2.75, 3.05) is 0 Å². The lowest BCUT2D eigenvalue weighted by Crippen LogP contribution is -2.07. The minimum Gasteiger partial charge on any atom is -0.477 e. The van der Waals surface area contributed by atoms with Crippen molar-refractivity contribution >= 4 is 29.1 Å². The molecule has 0 aliphatic rings. The third-order valence-electron chi connectivity index (χ3n) is 4.59. The van der Waals surface area contributed by atoms with Crippen molar-refractivity contribution in [1.82, 2.24) is 9.13 Å². The number of aromatic nitrogens is 2. The third kappa shape index (κ3) is 4.46. The van der Waals surface area contributed by atoms with Gasteiger partial charge in [0.05, 0.1) is 11.3 Å². The molecule has 8 heteroatoms. The Balaban J connectivity index is 1.75. The van der Waals surface area contributed by atoms with Gasteiger partial charge in [-0.05, 0) is 41.5 Å². The van der Waals surface area contributed by atoms with Gasteiger partial charge in [-0.15, -0.1) is 0 Å². The van der Waals surface area contributed by atoms with Crippen LogP contribution < -0.4 is 0 Å². The van der Waals surface area contributed by atoms with Crippen molar-refractivity contribution in [3.63, 3.8) is 0 Å². The van der Waals surface area contributed by atoms with Crippen LogP contribution in [0.2, 0.25) is 5.02 Å². The molecule has 0 bridgehead atoms. The lowest BCUT2D eigenvalue weighted by Gasteiger charge is -2.01. The van der Waals surface area contributed by atoms with Gasteiger partial charge in [0.15, 0.2) is 11.6 Å². The highest BCUT2D eigenvalue weighted by Gasteiger charge is 2.18. The minimum atomic E-state index is -1.07. The number of nitrogens with zero attached hydrogens (tertiary/aromatic N) is 2. The maximum absolute atomic E-state index is 13.9. The van der Waals surface area contributed by atoms with E-state index in [1.165, 1.54) is 22.8 Å². The summed E-state index contributed by atoms with van der Waals surface area (Å²) in [7, 11) is 3.28. The summed E-state index contributed by atoms with van der Waals surface area (Å²) in [5.74, 6) is -2.39. The molecule has 0 radical (unpaired) electrons. The fourth-order valence-corrected chi connectivity index (χ4v) is 3.38. The molecule has 2 heterocycles. The number of carbonyl (C=O) groups excluding carboxylic acids is 2. The summed E-state index contributed by atoms with van der Waals surface area (Å²) in [6.07, 6.45) is 3.21. The minimum absolute atomic E-state index is 0.0260. The van der Waals surface area contributed by atoms with Crippen LogP contribution in [0, 0.1) is 5.82 Å². The summed E-state index contributed by atoms with van der Waals surface area (Å²) >= 11 is 5.71. The zero-order valence-corrected chi connectivity index (χ0v) is 16.5. The number of ketones is 2. The first-order chi connectivity index (χ1) is 13.7. The second kappa shape index (κ2) is 8.05. The number of Topliss-reactive ketones (excluding diaryl/α,β-unsaturated/α-hetero) is 2. The standard InChI is InChI=1S/C21H18ClFN2O4/c1-24-10-12(7-19(26)15-4-3-14(22)9-16(15)23)5-17(24)20(27)8-13-6-18(21(28)29)25(2)11-13/h3-6,9-11H,7-8H2,1-2H3,(H,28,29). The molecule has 2 aromatic heterocycles. The van der Waals surface area contributed by atoms with E-state index in [1.807, 2.05) is 0 Å². The first-order valence-electron chi connectivity index (χ1n) is 8.71. The van der Waals surface area contributed by atoms with Crippen molar-refractivity contribution in [1.29, 1.82) is 0 Å². The van der Waals surface area contributed by atoms with Crippen molar-refractivity contribution in [2.45, 2.75) is 12.8 Å². The van der Waals surface area contributed by atoms with Crippen molar-refractivity contribution in [2.24, 2.45) is 14.1 Å². The molecule has 1 aromatic carbocycles. The van der Waals surface area contributed by atoms with E-state index in [2.05, 4.69) is 0 Å². The van der Waals surface area contributed by atoms with Crippen LogP contribution in [0.5, 0.6) is 0 Å². The molecule has 0 aliphatic carbocycles. The van der Waals surface area contributed by atoms with E-state index in [0.29, 0.717) is 16.8 Å². The smallest absolute Gasteiger partial charge is 0.352 e. The lowest BCUT2D eigenvalue weighted by atomic mass is 10.0. The third-order valence-corrected chi connectivity index (χ3v) is 4.82. The van der Waals surface area contributed by atoms with Gasteiger partial charge in [-0.25, -0.2) is 9.18 Å². The average molecular weight is 417 g/mol. The molecular weight excluding hydrogens is 399 g/mol. The molecule has 3 rings (SSSR count). The number of carboxylic acids is 1. The topological polar surface area (TPSA) is 81.3 Å². The van der Waals surface area contributed by atoms with Crippen molar-refractivity contribution in [3.8, 4) is 0 Å². The van der Waals surface area contributed by atoms with E-state index in [1.54, 1.807) is 37.1 Å². The predicted molar refractivity (Wildman–Crippen MR) is 105 cm³/mol. The number of hydrogen-bond acceptors (Lipinski definition) is 3. The number of hydrogen-bond donors (Lipinski definition) is 1. The molecule has 0 saturated heterocycles. The highest BCUT2D eigenvalue weighted by atomic mass is 35.5. The van der Waals surface area contributed by atoms with Crippen LogP contribution in [0.25, 0.3) is 0 Å². The summed E-state index contributed by atoms with van der Waals surface area (Å²) < 4.78 is 17.0. The van der Waals surface area contributed by atoms with Crippen LogP contribution in [0.3, 0.4) is 0 Å². The van der Waals surface area contributed by atoms with Crippen LogP contribution in [-0.2, 0) is 26.9 Å². The molecule has 0 atom stereocenters. The van der Waals surface area contributed by atoms with Gasteiger partial charge in [0.1, 0.15) is 11.5 Å². The number of rotatable bonds is 7. The largest absolute Gasteiger partial charge is 0.477 e. The van der Waals surface area contributed by atoms with Gasteiger partial charge in [-0.3, -0.25) is 9.59 Å². The van der Waals surface area contributed by atoms with Gasteiger partial charge in [-0.2, -0.15) is 0 Å². The van der Waals surface area contributed by atoms with E-state index >= 15 is 0 Å². The molecule has 0 unspecified atom stereocenters. The summed E-state index contributed by atoms with van der Waals surface area (Å²) in [6, 6.07) is 6.92. The molecule has 3 aromatic rings. The van der Waals surface area contributed by atoms with Crippen LogP contribution in [-0.4, -0.2) is 31.8 Å². The summed E-state index contributed by atoms with van der Waals surface area (Å²) in [5.41, 5.74) is 1.57. The quantitative estimate of drug-likeness (QED) is 0.595. The van der Waals surface area contributed by atoms with Gasteiger partial charge < -0.3 is 14.2 Å². The second-order valence-electron chi connectivity index (χ2n) is 6.82. The van der Waals surface area contributed by atoms with Crippen LogP contribution in [0.4, 0.5) is 4.39 Å². The number of halogens is 2. The Bertz CT molecular complexity index is 1130. The van der Waals surface area contributed by atoms with Crippen LogP contribution in [0.1, 0.15) is 42.5 Å². The van der Waals surface area contributed by atoms with Gasteiger partial charge >= 0.3 is 5.97 Å². The highest BCUT2D eigenvalue weighted by Crippen LogP contribution is 2.19. The second-order valence-corrected chi connectivity index (χ2v) is 7.25. The maximum Gasteiger partial charge on any atom is 0.352 e. The molecule has 0 amide bonds. The van der Waals surface area contributed by atoms with Crippen LogP contribution >= 0.6 is 11.6 Å². The van der Waals surface area contributed by atoms with E-state index in [9.17, 15) is 18.8 Å². The zero-order chi connectivity index (χ0) is 21.3. The monoisotopic (exact) mass is 416 g/mol. The zero-order valence-electron chi connectivity index (χ0n) is 15.8. The Hall–Kier alpha value is -3.19. The normalized spacial score (nSPS) is 10.9. The Morgan fingerprint density at radius 3 is 2.03 bits per heavy atom. The number of aryl methyl sites for hydroxylation is 2. The SMILES string of the molecule is Cn1cc(CC(=O)c2cc(CC(=O)c3ccc(Cl)cc3F)cn2C)cc1C(=O)O. The highest BCUT2D eigenvalue weighted by molar-refractivity contribution is 6.30. The van der Waals surface area contributed by atoms with Crippen molar-refractivity contribution in [3.05, 3.63) is 81.6 Å². The Morgan fingerprint density at radius 2 is 1.48 bits per heavy atom. The fraction of sp³-hybridized carbons (Fsp3) is 0.190. The first kappa shape index (κ1) is 20.5. The van der Waals surface area contributed by atoms with Crippen molar-refractivity contribution < 1.29 is 23.9 Å². The van der Waals surface area contributed by atoms with Gasteiger partial charge in [0.25, 0.3) is 0 Å². The number of carboxylic acid groups (broad SMARTS) is 1. The Kier molecular flexibility index (Phi) is 5.70. The number of benzene rings is 1. The summed E-state index contributed by atoms with van der Waals surface area (Å²) in [6.45, 7) is 0. The fourth-order valence-electron chi connectivity index (χ4n) is 3.22. The lowest BCUT2D eigenvalue weighted by molar-refractivity contribution is 0.0686. The summed E-state index contributed by atoms with van der Waals surface area (Å²) in [4.78, 5) is 36.2. The predicted octanol–water partition coefficient (Wildman–Crippen LogP) is 3.71. The number of carbonyl (C=O) groups is 3. The van der Waals surface area contributed by atoms with Gasteiger partial charge in [-0.1, -0.05) is 11.6 Å². The molecular formula is C21H18ClFN2O4. The van der Waals surface area contributed by atoms with E-state index < -0.39 is 17.6 Å². The van der Waals surface area contributed by atoms with E-state index in [0.717, 1.165) is 6.07 Å². The van der Waals surface area contributed by atoms with E-state index in [-0.39, 0.29) is 34.9 Å². The maximum atomic E-state index is 13.9. The molecule has 6 nitrogen and oxygen atoms in total. The molecule has 0 spiro atoms. The Morgan fingerprint density at radius 1 is 0.931 bits per heavy atom. The molecule has 0 saturated carbocycles. The van der Waals surface area contributed by atoms with Gasteiger partial charge in [0.2, 0.25) is 0 Å². The number of aromatic carboxylic acids is 1. The average Bonchev–Trinajstić information content (AvgIpc) is 3.17. The molecule has 0 fully saturated rings. The van der Waals surface area contributed by atoms with Crippen LogP contribution in [0.15, 0.2) is 42.7 Å². The summed E-state index contributed by atoms with van der Waals surface area (Å²) in [5, 5.41) is 9.32. The van der Waals surface area contributed by atoms with E-state index in [4.69, 9.17) is 16.7 Å². The molecule has 29 heavy (non-hydrogen) atoms. The molecule has 1 N–H and O–H groups in total. The Labute approximate surface area is 171 Å².